The molecule has 0 saturated heterocycles. The number of carbonyl (C=O) groups excluding carboxylic acids is 2. The molecule has 0 aromatic heterocycles. The topological polar surface area (TPSA) is 46.2 Å². The minimum absolute atomic E-state index is 0.219. The van der Waals surface area contributed by atoms with Gasteiger partial charge in [0.2, 0.25) is 0 Å². The first-order valence-corrected chi connectivity index (χ1v) is 8.15. The third-order valence-corrected chi connectivity index (χ3v) is 4.61. The van der Waals surface area contributed by atoms with Gasteiger partial charge in [-0.15, -0.1) is 23.5 Å². The van der Waals surface area contributed by atoms with E-state index in [0.29, 0.717) is 5.69 Å². The van der Waals surface area contributed by atoms with Gasteiger partial charge in [-0.05, 0) is 38.5 Å². The molecule has 1 aromatic rings. The first-order chi connectivity index (χ1) is 8.99. The molecule has 1 N–H and O–H groups in total. The fourth-order valence-electron chi connectivity index (χ4n) is 1.51. The third kappa shape index (κ3) is 4.44. The molecule has 0 aliphatic carbocycles. The summed E-state index contributed by atoms with van der Waals surface area (Å²) < 4.78 is 0.733. The van der Waals surface area contributed by atoms with Crippen molar-refractivity contribution in [1.82, 2.24) is 0 Å². The Bertz CT molecular complexity index is 501. The first-order valence-electron chi connectivity index (χ1n) is 5.70. The van der Waals surface area contributed by atoms with Gasteiger partial charge in [0.05, 0.1) is 4.24 Å². The van der Waals surface area contributed by atoms with Gasteiger partial charge in [-0.3, -0.25) is 9.59 Å². The zero-order chi connectivity index (χ0) is 14.4. The molecule has 0 unspecified atom stereocenters. The van der Waals surface area contributed by atoms with E-state index >= 15 is 0 Å². The molecule has 0 heterocycles. The summed E-state index contributed by atoms with van der Waals surface area (Å²) in [6, 6.07) is 7.47. The lowest BCUT2D eigenvalue weighted by molar-refractivity contribution is -0.118. The Balaban J connectivity index is 2.99. The van der Waals surface area contributed by atoms with E-state index in [4.69, 9.17) is 0 Å². The summed E-state index contributed by atoms with van der Waals surface area (Å²) in [6.07, 6.45) is 3.71. The third-order valence-electron chi connectivity index (χ3n) is 2.46. The lowest BCUT2D eigenvalue weighted by Crippen LogP contribution is -2.20. The zero-order valence-corrected chi connectivity index (χ0v) is 13.1. The minimum Gasteiger partial charge on any atom is -0.322 e. The molecule has 19 heavy (non-hydrogen) atoms. The number of Topliss-reactive ketones (excluding diaryl/α,β-unsaturated/α-hetero) is 1. The van der Waals surface area contributed by atoms with Gasteiger partial charge in [0, 0.05) is 5.69 Å². The average molecular weight is 295 g/mol. The van der Waals surface area contributed by atoms with Gasteiger partial charge in [0.25, 0.3) is 5.91 Å². The van der Waals surface area contributed by atoms with Crippen LogP contribution in [0.4, 0.5) is 5.69 Å². The van der Waals surface area contributed by atoms with Crippen LogP contribution in [0.25, 0.3) is 0 Å². The number of anilines is 1. The second kappa shape index (κ2) is 7.40. The molecule has 0 radical (unpaired) electrons. The number of hydrogen-bond donors (Lipinski definition) is 1. The molecule has 0 fully saturated rings. The van der Waals surface area contributed by atoms with Crippen LogP contribution in [-0.2, 0) is 9.59 Å². The van der Waals surface area contributed by atoms with Gasteiger partial charge in [-0.25, -0.2) is 0 Å². The van der Waals surface area contributed by atoms with E-state index in [9.17, 15) is 9.59 Å². The number of thioether (sulfide) groups is 2. The van der Waals surface area contributed by atoms with Crippen molar-refractivity contribution in [1.29, 1.82) is 0 Å². The number of rotatable bonds is 5. The normalized spacial score (nSPS) is 9.89. The van der Waals surface area contributed by atoms with Crippen molar-refractivity contribution >= 4 is 40.9 Å². The van der Waals surface area contributed by atoms with Gasteiger partial charge in [0.15, 0.2) is 5.78 Å². The van der Waals surface area contributed by atoms with E-state index in [0.717, 1.165) is 9.80 Å². The van der Waals surface area contributed by atoms with Crippen LogP contribution in [0.5, 0.6) is 0 Å². The Labute approximate surface area is 122 Å². The number of amides is 1. The number of hydrogen-bond acceptors (Lipinski definition) is 4. The molecular weight excluding hydrogens is 278 g/mol. The van der Waals surface area contributed by atoms with Gasteiger partial charge in [0.1, 0.15) is 5.57 Å². The van der Waals surface area contributed by atoms with Crippen molar-refractivity contribution in [3.8, 4) is 0 Å². The number of benzene rings is 1. The van der Waals surface area contributed by atoms with E-state index in [-0.39, 0.29) is 17.3 Å². The van der Waals surface area contributed by atoms with Crippen LogP contribution in [0.1, 0.15) is 12.5 Å². The second-order valence-corrected chi connectivity index (χ2v) is 5.84. The van der Waals surface area contributed by atoms with E-state index < -0.39 is 0 Å². The highest BCUT2D eigenvalue weighted by Crippen LogP contribution is 2.28. The molecule has 1 aromatic carbocycles. The first kappa shape index (κ1) is 15.9. The van der Waals surface area contributed by atoms with Crippen molar-refractivity contribution in [2.75, 3.05) is 17.8 Å². The molecule has 0 bridgehead atoms. The predicted molar refractivity (Wildman–Crippen MR) is 84.5 cm³/mol. The van der Waals surface area contributed by atoms with Crippen molar-refractivity contribution in [2.45, 2.75) is 13.8 Å². The maximum atomic E-state index is 12.2. The molecule has 0 spiro atoms. The zero-order valence-electron chi connectivity index (χ0n) is 11.4. The fraction of sp³-hybridized carbons (Fsp3) is 0.286. The highest BCUT2D eigenvalue weighted by Gasteiger charge is 2.19. The number of carbonyl (C=O) groups is 2. The summed E-state index contributed by atoms with van der Waals surface area (Å²) in [4.78, 5) is 23.8. The second-order valence-electron chi connectivity index (χ2n) is 3.95. The van der Waals surface area contributed by atoms with E-state index in [1.807, 2.05) is 43.7 Å². The lowest BCUT2D eigenvalue weighted by atomic mass is 10.2. The molecule has 0 saturated carbocycles. The predicted octanol–water partition coefficient (Wildman–Crippen LogP) is 3.46. The number of ketones is 1. The van der Waals surface area contributed by atoms with Crippen LogP contribution in [0.2, 0.25) is 0 Å². The summed E-state index contributed by atoms with van der Waals surface area (Å²) in [5.41, 5.74) is 2.03. The van der Waals surface area contributed by atoms with Gasteiger partial charge in [-0.2, -0.15) is 0 Å². The number of aryl methyl sites for hydroxylation is 1. The van der Waals surface area contributed by atoms with Crippen LogP contribution in [0.3, 0.4) is 0 Å². The van der Waals surface area contributed by atoms with Crippen molar-refractivity contribution < 1.29 is 9.59 Å². The Morgan fingerprint density at radius 1 is 1.05 bits per heavy atom. The molecule has 0 aliphatic rings. The summed E-state index contributed by atoms with van der Waals surface area (Å²) in [5, 5.41) is 2.76. The summed E-state index contributed by atoms with van der Waals surface area (Å²) in [5.74, 6) is -0.571. The van der Waals surface area contributed by atoms with Gasteiger partial charge < -0.3 is 5.32 Å². The summed E-state index contributed by atoms with van der Waals surface area (Å²) >= 11 is 2.82. The van der Waals surface area contributed by atoms with Crippen LogP contribution >= 0.6 is 23.5 Å². The Kier molecular flexibility index (Phi) is 6.18. The smallest absolute Gasteiger partial charge is 0.260 e. The Hall–Kier alpha value is -1.20. The summed E-state index contributed by atoms with van der Waals surface area (Å²) in [7, 11) is 0. The largest absolute Gasteiger partial charge is 0.322 e. The molecular formula is C14H17NO2S2. The maximum Gasteiger partial charge on any atom is 0.260 e. The molecule has 102 valence electrons. The van der Waals surface area contributed by atoms with Crippen LogP contribution in [0.15, 0.2) is 34.1 Å². The monoisotopic (exact) mass is 295 g/mol. The van der Waals surface area contributed by atoms with Gasteiger partial charge in [-0.1, -0.05) is 17.7 Å². The van der Waals surface area contributed by atoms with E-state index in [1.165, 1.54) is 30.4 Å². The molecule has 0 aliphatic heterocycles. The SMILES string of the molecule is CSC(SC)=C(C(C)=O)C(=O)Nc1ccc(C)cc1. The van der Waals surface area contributed by atoms with Crippen LogP contribution < -0.4 is 5.32 Å². The highest BCUT2D eigenvalue weighted by molar-refractivity contribution is 8.21. The van der Waals surface area contributed by atoms with Crippen molar-refractivity contribution in [3.05, 3.63) is 39.6 Å². The van der Waals surface area contributed by atoms with Crippen molar-refractivity contribution in [3.63, 3.8) is 0 Å². The highest BCUT2D eigenvalue weighted by atomic mass is 32.2. The lowest BCUT2D eigenvalue weighted by Gasteiger charge is -2.10. The van der Waals surface area contributed by atoms with Gasteiger partial charge >= 0.3 is 0 Å². The van der Waals surface area contributed by atoms with Crippen LogP contribution in [0, 0.1) is 6.92 Å². The van der Waals surface area contributed by atoms with Crippen molar-refractivity contribution in [2.24, 2.45) is 0 Å². The molecule has 1 amide bonds. The Morgan fingerprint density at radius 2 is 1.58 bits per heavy atom. The minimum atomic E-state index is -0.352. The van der Waals surface area contributed by atoms with E-state index in [1.54, 1.807) is 0 Å². The fourth-order valence-corrected chi connectivity index (χ4v) is 3.06. The molecule has 0 atom stereocenters. The average Bonchev–Trinajstić information content (AvgIpc) is 2.37. The summed E-state index contributed by atoms with van der Waals surface area (Å²) in [6.45, 7) is 3.39. The standard InChI is InChI=1S/C14H17NO2S2/c1-9-5-7-11(8-6-9)15-13(17)12(10(2)16)14(18-3)19-4/h5-8H,1-4H3,(H,15,17). The van der Waals surface area contributed by atoms with Crippen LogP contribution in [-0.4, -0.2) is 24.2 Å². The molecule has 3 nitrogen and oxygen atoms in total. The quantitative estimate of drug-likeness (QED) is 0.513. The molecule has 1 rings (SSSR count). The van der Waals surface area contributed by atoms with E-state index in [2.05, 4.69) is 5.32 Å². The Morgan fingerprint density at radius 3 is 2.00 bits per heavy atom. The maximum absolute atomic E-state index is 12.2. The molecule has 5 heteroatoms. The number of nitrogens with one attached hydrogen (secondary N) is 1.